The molecule has 0 bridgehead atoms. The first-order chi connectivity index (χ1) is 15.0. The maximum Gasteiger partial charge on any atom is 0.416 e. The highest BCUT2D eigenvalue weighted by Crippen LogP contribution is 2.37. The van der Waals surface area contributed by atoms with Crippen LogP contribution in [0.5, 0.6) is 5.75 Å². The Bertz CT molecular complexity index is 1210. The average Bonchev–Trinajstić information content (AvgIpc) is 2.75. The SMILES string of the molecule is CCOc1ccc(N(c2cccc(C(F)(F)F)c2)S(=O)(=O)c2ccc(C(N)=O)cc2)cc1. The number of rotatable bonds is 7. The lowest BCUT2D eigenvalue weighted by Gasteiger charge is -2.25. The number of halogens is 3. The van der Waals surface area contributed by atoms with Crippen LogP contribution in [0.1, 0.15) is 22.8 Å². The zero-order chi connectivity index (χ0) is 23.5. The van der Waals surface area contributed by atoms with Crippen molar-refractivity contribution in [3.8, 4) is 5.75 Å². The molecule has 0 radical (unpaired) electrons. The Kier molecular flexibility index (Phi) is 6.45. The van der Waals surface area contributed by atoms with Crippen molar-refractivity contribution in [2.75, 3.05) is 10.9 Å². The van der Waals surface area contributed by atoms with Gasteiger partial charge in [-0.15, -0.1) is 0 Å². The smallest absolute Gasteiger partial charge is 0.416 e. The number of nitrogens with zero attached hydrogens (tertiary/aromatic N) is 1. The summed E-state index contributed by atoms with van der Waals surface area (Å²) in [6.45, 7) is 2.17. The zero-order valence-corrected chi connectivity index (χ0v) is 17.7. The van der Waals surface area contributed by atoms with Crippen molar-refractivity contribution in [1.29, 1.82) is 0 Å². The van der Waals surface area contributed by atoms with E-state index in [0.29, 0.717) is 12.4 Å². The molecule has 0 aliphatic rings. The van der Waals surface area contributed by atoms with Gasteiger partial charge in [-0.25, -0.2) is 12.7 Å². The Labute approximate surface area is 183 Å². The van der Waals surface area contributed by atoms with Crippen molar-refractivity contribution < 1.29 is 31.1 Å². The molecule has 3 aromatic carbocycles. The fourth-order valence-electron chi connectivity index (χ4n) is 2.98. The van der Waals surface area contributed by atoms with Gasteiger partial charge in [0.25, 0.3) is 10.0 Å². The highest BCUT2D eigenvalue weighted by molar-refractivity contribution is 7.93. The molecule has 0 aromatic heterocycles. The predicted molar refractivity (Wildman–Crippen MR) is 113 cm³/mol. The minimum absolute atomic E-state index is 0.0932. The van der Waals surface area contributed by atoms with Gasteiger partial charge in [-0.3, -0.25) is 4.79 Å². The number of primary amides is 1. The summed E-state index contributed by atoms with van der Waals surface area (Å²) in [5, 5.41) is 0. The summed E-state index contributed by atoms with van der Waals surface area (Å²) in [6.07, 6.45) is -4.66. The Morgan fingerprint density at radius 1 is 0.969 bits per heavy atom. The van der Waals surface area contributed by atoms with E-state index in [2.05, 4.69) is 0 Å². The number of nitrogens with two attached hydrogens (primary N) is 1. The summed E-state index contributed by atoms with van der Waals surface area (Å²) in [5.74, 6) is -0.265. The summed E-state index contributed by atoms with van der Waals surface area (Å²) in [4.78, 5) is 11.1. The minimum Gasteiger partial charge on any atom is -0.494 e. The third kappa shape index (κ3) is 4.86. The van der Waals surface area contributed by atoms with Gasteiger partial charge < -0.3 is 10.5 Å². The van der Waals surface area contributed by atoms with Crippen LogP contribution in [-0.2, 0) is 16.2 Å². The van der Waals surface area contributed by atoms with Crippen molar-refractivity contribution >= 4 is 27.3 Å². The monoisotopic (exact) mass is 464 g/mol. The van der Waals surface area contributed by atoms with Crippen molar-refractivity contribution in [3.05, 3.63) is 83.9 Å². The number of amides is 1. The number of ether oxygens (including phenoxy) is 1. The van der Waals surface area contributed by atoms with E-state index in [9.17, 15) is 26.4 Å². The molecule has 0 aliphatic carbocycles. The molecule has 0 aliphatic heterocycles. The van der Waals surface area contributed by atoms with Gasteiger partial charge in [0, 0.05) is 5.56 Å². The third-order valence-corrected chi connectivity index (χ3v) is 6.24. The number of carbonyl (C=O) groups is 1. The van der Waals surface area contributed by atoms with Gasteiger partial charge >= 0.3 is 6.18 Å². The van der Waals surface area contributed by atoms with E-state index in [4.69, 9.17) is 10.5 Å². The fourth-order valence-corrected chi connectivity index (χ4v) is 4.46. The molecular formula is C22H19F3N2O4S. The fraction of sp³-hybridized carbons (Fsp3) is 0.136. The standard InChI is InChI=1S/C22H19F3N2O4S/c1-2-31-19-10-8-17(9-11-19)27(18-5-3-4-16(14-18)22(23,24)25)32(29,30)20-12-6-15(7-13-20)21(26)28/h3-14H,2H2,1H3,(H2,26,28). The first kappa shape index (κ1) is 23.1. The summed E-state index contributed by atoms with van der Waals surface area (Å²) < 4.78 is 73.0. The van der Waals surface area contributed by atoms with E-state index in [1.807, 2.05) is 0 Å². The molecule has 0 fully saturated rings. The van der Waals surface area contributed by atoms with Gasteiger partial charge in [-0.2, -0.15) is 13.2 Å². The number of anilines is 2. The third-order valence-electron chi connectivity index (χ3n) is 4.47. The largest absolute Gasteiger partial charge is 0.494 e. The Balaban J connectivity index is 2.17. The highest BCUT2D eigenvalue weighted by Gasteiger charge is 2.33. The quantitative estimate of drug-likeness (QED) is 0.547. The van der Waals surface area contributed by atoms with Gasteiger partial charge in [0.1, 0.15) is 5.75 Å². The van der Waals surface area contributed by atoms with E-state index in [1.54, 1.807) is 6.92 Å². The van der Waals surface area contributed by atoms with Gasteiger partial charge in [0.05, 0.1) is 28.4 Å². The second kappa shape index (κ2) is 8.91. The summed E-state index contributed by atoms with van der Waals surface area (Å²) >= 11 is 0. The normalized spacial score (nSPS) is 11.8. The molecule has 0 saturated heterocycles. The van der Waals surface area contributed by atoms with Crippen LogP contribution < -0.4 is 14.8 Å². The molecule has 0 atom stereocenters. The van der Waals surface area contributed by atoms with Crippen LogP contribution >= 0.6 is 0 Å². The van der Waals surface area contributed by atoms with E-state index in [-0.39, 0.29) is 21.8 Å². The van der Waals surface area contributed by atoms with Crippen molar-refractivity contribution in [1.82, 2.24) is 0 Å². The average molecular weight is 464 g/mol. The van der Waals surface area contributed by atoms with Crippen molar-refractivity contribution in [2.24, 2.45) is 5.73 Å². The second-order valence-electron chi connectivity index (χ2n) is 6.63. The van der Waals surface area contributed by atoms with Crippen molar-refractivity contribution in [2.45, 2.75) is 18.0 Å². The molecule has 0 saturated carbocycles. The van der Waals surface area contributed by atoms with Crippen LogP contribution in [0.4, 0.5) is 24.5 Å². The lowest BCUT2D eigenvalue weighted by molar-refractivity contribution is -0.137. The molecule has 6 nitrogen and oxygen atoms in total. The van der Waals surface area contributed by atoms with Crippen LogP contribution in [0.15, 0.2) is 77.7 Å². The molecule has 10 heteroatoms. The molecule has 2 N–H and O–H groups in total. The Morgan fingerprint density at radius 3 is 2.12 bits per heavy atom. The molecule has 0 heterocycles. The predicted octanol–water partition coefficient (Wildman–Crippen LogP) is 4.73. The van der Waals surface area contributed by atoms with E-state index >= 15 is 0 Å². The molecule has 3 aromatic rings. The first-order valence-corrected chi connectivity index (χ1v) is 10.8. The minimum atomic E-state index is -4.66. The number of hydrogen-bond donors (Lipinski definition) is 1. The molecule has 3 rings (SSSR count). The molecule has 0 spiro atoms. The number of benzene rings is 3. The topological polar surface area (TPSA) is 89.7 Å². The van der Waals surface area contributed by atoms with Crippen LogP contribution in [0.3, 0.4) is 0 Å². The molecule has 1 amide bonds. The van der Waals surface area contributed by atoms with Crippen LogP contribution in [0.25, 0.3) is 0 Å². The van der Waals surface area contributed by atoms with Gasteiger partial charge in [-0.1, -0.05) is 6.07 Å². The number of sulfonamides is 1. The lowest BCUT2D eigenvalue weighted by atomic mass is 10.2. The Morgan fingerprint density at radius 2 is 1.59 bits per heavy atom. The molecule has 0 unspecified atom stereocenters. The Hall–Kier alpha value is -3.53. The van der Waals surface area contributed by atoms with Crippen molar-refractivity contribution in [3.63, 3.8) is 0 Å². The van der Waals surface area contributed by atoms with Crippen LogP contribution in [0, 0.1) is 0 Å². The van der Waals surface area contributed by atoms with Gasteiger partial charge in [0.15, 0.2) is 0 Å². The van der Waals surface area contributed by atoms with Crippen LogP contribution in [0.2, 0.25) is 0 Å². The summed E-state index contributed by atoms with van der Waals surface area (Å²) in [7, 11) is -4.36. The summed E-state index contributed by atoms with van der Waals surface area (Å²) in [6, 6.07) is 14.7. The van der Waals surface area contributed by atoms with Gasteiger partial charge in [-0.05, 0) is 73.7 Å². The lowest BCUT2D eigenvalue weighted by Crippen LogP contribution is -2.26. The van der Waals surface area contributed by atoms with E-state index in [0.717, 1.165) is 22.5 Å². The molecule has 168 valence electrons. The number of hydrogen-bond acceptors (Lipinski definition) is 4. The van der Waals surface area contributed by atoms with E-state index in [1.165, 1.54) is 54.6 Å². The van der Waals surface area contributed by atoms with Gasteiger partial charge in [0.2, 0.25) is 5.91 Å². The second-order valence-corrected chi connectivity index (χ2v) is 8.42. The van der Waals surface area contributed by atoms with Crippen LogP contribution in [-0.4, -0.2) is 20.9 Å². The maximum absolute atomic E-state index is 13.5. The number of alkyl halides is 3. The highest BCUT2D eigenvalue weighted by atomic mass is 32.2. The number of carbonyl (C=O) groups excluding carboxylic acids is 1. The maximum atomic E-state index is 13.5. The first-order valence-electron chi connectivity index (χ1n) is 9.39. The molecule has 32 heavy (non-hydrogen) atoms. The molecular weight excluding hydrogens is 445 g/mol. The zero-order valence-electron chi connectivity index (χ0n) is 16.8. The summed E-state index contributed by atoms with van der Waals surface area (Å²) in [5.41, 5.74) is 4.19. The van der Waals surface area contributed by atoms with E-state index < -0.39 is 27.7 Å².